The summed E-state index contributed by atoms with van der Waals surface area (Å²) in [5.41, 5.74) is 2.62. The van der Waals surface area contributed by atoms with E-state index in [2.05, 4.69) is 11.1 Å². The minimum Gasteiger partial charge on any atom is -0.497 e. The first-order chi connectivity index (χ1) is 9.76. The maximum absolute atomic E-state index is 9.05. The molecule has 4 nitrogen and oxygen atoms in total. The summed E-state index contributed by atoms with van der Waals surface area (Å²) in [5, 5.41) is 9.05. The molecule has 0 amide bonds. The predicted octanol–water partition coefficient (Wildman–Crippen LogP) is 2.76. The second-order valence-corrected chi connectivity index (χ2v) is 4.34. The van der Waals surface area contributed by atoms with Crippen molar-refractivity contribution in [2.24, 2.45) is 0 Å². The van der Waals surface area contributed by atoms with E-state index >= 15 is 0 Å². The fourth-order valence-corrected chi connectivity index (χ4v) is 1.94. The Hall–Kier alpha value is -2.54. The average Bonchev–Trinajstić information content (AvgIpc) is 2.53. The molecule has 0 atom stereocenters. The first-order valence-corrected chi connectivity index (χ1v) is 6.32. The number of methoxy groups -OCH3 is 2. The summed E-state index contributed by atoms with van der Waals surface area (Å²) in [4.78, 5) is 4.31. The number of ether oxygens (including phenoxy) is 2. The molecule has 0 bridgehead atoms. The molecule has 0 saturated heterocycles. The van der Waals surface area contributed by atoms with Crippen LogP contribution in [0.5, 0.6) is 11.5 Å². The van der Waals surface area contributed by atoms with Crippen LogP contribution >= 0.6 is 0 Å². The highest BCUT2D eigenvalue weighted by molar-refractivity contribution is 5.42. The van der Waals surface area contributed by atoms with Gasteiger partial charge in [-0.1, -0.05) is 12.1 Å². The smallest absolute Gasteiger partial charge is 0.154 e. The van der Waals surface area contributed by atoms with Crippen LogP contribution in [0.2, 0.25) is 0 Å². The second-order valence-electron chi connectivity index (χ2n) is 4.34. The number of nitriles is 1. The van der Waals surface area contributed by atoms with Gasteiger partial charge in [-0.3, -0.25) is 4.98 Å². The zero-order valence-electron chi connectivity index (χ0n) is 11.6. The van der Waals surface area contributed by atoms with Gasteiger partial charge in [-0.2, -0.15) is 5.26 Å². The van der Waals surface area contributed by atoms with Gasteiger partial charge in [0.2, 0.25) is 0 Å². The van der Waals surface area contributed by atoms with Gasteiger partial charge in [0.25, 0.3) is 0 Å². The first kappa shape index (κ1) is 13.9. The van der Waals surface area contributed by atoms with Crippen molar-refractivity contribution in [1.29, 1.82) is 5.26 Å². The van der Waals surface area contributed by atoms with E-state index in [-0.39, 0.29) is 0 Å². The van der Waals surface area contributed by atoms with Gasteiger partial charge in [0.1, 0.15) is 11.8 Å². The molecule has 0 fully saturated rings. The van der Waals surface area contributed by atoms with Crippen LogP contribution in [0, 0.1) is 11.3 Å². The van der Waals surface area contributed by atoms with E-state index in [0.717, 1.165) is 24.3 Å². The van der Waals surface area contributed by atoms with E-state index in [0.29, 0.717) is 11.3 Å². The molecule has 0 radical (unpaired) electrons. The molecule has 2 aromatic rings. The van der Waals surface area contributed by atoms with Crippen LogP contribution in [0.25, 0.3) is 0 Å². The Kier molecular flexibility index (Phi) is 4.56. The lowest BCUT2D eigenvalue weighted by atomic mass is 10.1. The monoisotopic (exact) mass is 268 g/mol. The van der Waals surface area contributed by atoms with Gasteiger partial charge in [0.05, 0.1) is 26.0 Å². The highest BCUT2D eigenvalue weighted by Gasteiger charge is 2.05. The van der Waals surface area contributed by atoms with Crippen molar-refractivity contribution in [3.63, 3.8) is 0 Å². The number of aryl methyl sites for hydroxylation is 2. The molecule has 0 aliphatic heterocycles. The molecular formula is C16H16N2O2. The summed E-state index contributed by atoms with van der Waals surface area (Å²) < 4.78 is 10.2. The lowest BCUT2D eigenvalue weighted by Crippen LogP contribution is -1.97. The summed E-state index contributed by atoms with van der Waals surface area (Å²) in [6.07, 6.45) is 3.25. The molecule has 1 aromatic carbocycles. The van der Waals surface area contributed by atoms with Crippen molar-refractivity contribution in [3.05, 3.63) is 53.3 Å². The molecule has 0 saturated carbocycles. The van der Waals surface area contributed by atoms with Crippen molar-refractivity contribution in [2.45, 2.75) is 12.8 Å². The molecule has 0 unspecified atom stereocenters. The number of rotatable bonds is 5. The summed E-state index contributed by atoms with van der Waals surface area (Å²) in [7, 11) is 3.19. The van der Waals surface area contributed by atoms with E-state index in [1.807, 2.05) is 24.3 Å². The van der Waals surface area contributed by atoms with Gasteiger partial charge in [0, 0.05) is 5.69 Å². The fourth-order valence-electron chi connectivity index (χ4n) is 1.94. The van der Waals surface area contributed by atoms with E-state index in [1.165, 1.54) is 12.7 Å². The Bertz CT molecular complexity index is 615. The Balaban J connectivity index is 2.05. The average molecular weight is 268 g/mol. The van der Waals surface area contributed by atoms with Crippen molar-refractivity contribution < 1.29 is 9.47 Å². The molecule has 4 heteroatoms. The number of nitrogens with zero attached hydrogens (tertiary/aromatic N) is 2. The Morgan fingerprint density at radius 2 is 1.85 bits per heavy atom. The zero-order chi connectivity index (χ0) is 14.4. The summed E-state index contributed by atoms with van der Waals surface area (Å²) >= 11 is 0. The van der Waals surface area contributed by atoms with Gasteiger partial charge in [-0.15, -0.1) is 0 Å². The molecule has 0 N–H and O–H groups in total. The van der Waals surface area contributed by atoms with Gasteiger partial charge in [-0.05, 0) is 36.6 Å². The highest BCUT2D eigenvalue weighted by atomic mass is 16.5. The minimum atomic E-state index is 0.515. The van der Waals surface area contributed by atoms with Gasteiger partial charge in [0.15, 0.2) is 5.75 Å². The van der Waals surface area contributed by atoms with Crippen LogP contribution in [0.1, 0.15) is 16.8 Å². The lowest BCUT2D eigenvalue weighted by Gasteiger charge is -2.06. The maximum Gasteiger partial charge on any atom is 0.154 e. The van der Waals surface area contributed by atoms with Crippen molar-refractivity contribution in [3.8, 4) is 17.6 Å². The summed E-state index contributed by atoms with van der Waals surface area (Å²) in [6, 6.07) is 11.9. The molecule has 1 aromatic heterocycles. The predicted molar refractivity (Wildman–Crippen MR) is 75.9 cm³/mol. The molecule has 0 aliphatic rings. The maximum atomic E-state index is 9.05. The topological polar surface area (TPSA) is 55.1 Å². The first-order valence-electron chi connectivity index (χ1n) is 6.32. The molecular weight excluding hydrogens is 252 g/mol. The van der Waals surface area contributed by atoms with Gasteiger partial charge < -0.3 is 9.47 Å². The number of benzene rings is 1. The minimum absolute atomic E-state index is 0.515. The van der Waals surface area contributed by atoms with E-state index < -0.39 is 0 Å². The standard InChI is InChI=1S/C16H16N2O2/c1-19-15-7-4-12(5-8-15)3-6-14-9-13(10-17)16(20-2)11-18-14/h4-5,7-9,11H,3,6H2,1-2H3. The van der Waals surface area contributed by atoms with E-state index in [1.54, 1.807) is 19.4 Å². The van der Waals surface area contributed by atoms with Crippen LogP contribution < -0.4 is 9.47 Å². The van der Waals surface area contributed by atoms with Gasteiger partial charge in [-0.25, -0.2) is 0 Å². The lowest BCUT2D eigenvalue weighted by molar-refractivity contribution is 0.411. The quantitative estimate of drug-likeness (QED) is 0.836. The Labute approximate surface area is 118 Å². The largest absolute Gasteiger partial charge is 0.497 e. The van der Waals surface area contributed by atoms with Gasteiger partial charge >= 0.3 is 0 Å². The number of hydrogen-bond donors (Lipinski definition) is 0. The summed E-state index contributed by atoms with van der Waals surface area (Å²) in [6.45, 7) is 0. The number of hydrogen-bond acceptors (Lipinski definition) is 4. The van der Waals surface area contributed by atoms with E-state index in [9.17, 15) is 0 Å². The highest BCUT2D eigenvalue weighted by Crippen LogP contribution is 2.18. The van der Waals surface area contributed by atoms with Crippen molar-refractivity contribution in [1.82, 2.24) is 4.98 Å². The van der Waals surface area contributed by atoms with Crippen LogP contribution in [-0.2, 0) is 12.8 Å². The third-order valence-corrected chi connectivity index (χ3v) is 3.09. The molecule has 0 spiro atoms. The third-order valence-electron chi connectivity index (χ3n) is 3.09. The zero-order valence-corrected chi connectivity index (χ0v) is 11.6. The Morgan fingerprint density at radius 1 is 1.10 bits per heavy atom. The molecule has 102 valence electrons. The van der Waals surface area contributed by atoms with Crippen molar-refractivity contribution in [2.75, 3.05) is 14.2 Å². The fraction of sp³-hybridized carbons (Fsp3) is 0.250. The summed E-state index contributed by atoms with van der Waals surface area (Å²) in [5.74, 6) is 1.36. The molecule has 0 aliphatic carbocycles. The van der Waals surface area contributed by atoms with E-state index in [4.69, 9.17) is 14.7 Å². The number of pyridine rings is 1. The molecule has 20 heavy (non-hydrogen) atoms. The van der Waals surface area contributed by atoms with Crippen LogP contribution in [-0.4, -0.2) is 19.2 Å². The van der Waals surface area contributed by atoms with Crippen molar-refractivity contribution >= 4 is 0 Å². The second kappa shape index (κ2) is 6.58. The van der Waals surface area contributed by atoms with Crippen LogP contribution in [0.15, 0.2) is 36.5 Å². The molecule has 2 rings (SSSR count). The normalized spacial score (nSPS) is 9.85. The molecule has 1 heterocycles. The Morgan fingerprint density at radius 3 is 2.45 bits per heavy atom. The number of aromatic nitrogens is 1. The van der Waals surface area contributed by atoms with Crippen LogP contribution in [0.3, 0.4) is 0 Å². The SMILES string of the molecule is COc1ccc(CCc2cc(C#N)c(OC)cn2)cc1. The third kappa shape index (κ3) is 3.27. The van der Waals surface area contributed by atoms with Crippen LogP contribution in [0.4, 0.5) is 0 Å².